The molecule has 4 nitrogen and oxygen atoms in total. The zero-order valence-corrected chi connectivity index (χ0v) is 15.3. The minimum Gasteiger partial charge on any atom is -0.376 e. The molecule has 136 valence electrons. The summed E-state index contributed by atoms with van der Waals surface area (Å²) >= 11 is 0. The van der Waals surface area contributed by atoms with Gasteiger partial charge in [-0.25, -0.2) is 0 Å². The van der Waals surface area contributed by atoms with Crippen LogP contribution < -0.4 is 0 Å². The lowest BCUT2D eigenvalue weighted by atomic mass is 10.0. The number of hydrogen-bond acceptors (Lipinski definition) is 3. The molecule has 0 N–H and O–H groups in total. The van der Waals surface area contributed by atoms with Gasteiger partial charge in [-0.1, -0.05) is 30.3 Å². The quantitative estimate of drug-likeness (QED) is 0.799. The molecule has 1 aliphatic carbocycles. The topological polar surface area (TPSA) is 42.4 Å². The summed E-state index contributed by atoms with van der Waals surface area (Å²) in [5.41, 5.74) is 2.93. The van der Waals surface area contributed by atoms with Crippen molar-refractivity contribution in [2.24, 2.45) is 5.92 Å². The fourth-order valence-corrected chi connectivity index (χ4v) is 3.75. The number of pyridine rings is 1. The lowest BCUT2D eigenvalue weighted by Gasteiger charge is -2.28. The molecule has 1 saturated carbocycles. The molecule has 4 rings (SSSR count). The van der Waals surface area contributed by atoms with E-state index in [1.165, 1.54) is 18.4 Å². The van der Waals surface area contributed by atoms with Crippen LogP contribution in [0.2, 0.25) is 0 Å². The zero-order valence-electron chi connectivity index (χ0n) is 15.3. The van der Waals surface area contributed by atoms with Crippen LogP contribution in [-0.4, -0.2) is 41.1 Å². The maximum Gasteiger partial charge on any atom is 0.255 e. The van der Waals surface area contributed by atoms with Crippen molar-refractivity contribution in [3.8, 4) is 0 Å². The van der Waals surface area contributed by atoms with Gasteiger partial charge in [0.1, 0.15) is 0 Å². The highest BCUT2D eigenvalue weighted by molar-refractivity contribution is 5.94. The van der Waals surface area contributed by atoms with Crippen LogP contribution in [0, 0.1) is 12.8 Å². The number of carbonyl (C=O) groups is 1. The van der Waals surface area contributed by atoms with Gasteiger partial charge in [-0.15, -0.1) is 0 Å². The summed E-state index contributed by atoms with van der Waals surface area (Å²) in [4.78, 5) is 19.3. The van der Waals surface area contributed by atoms with Gasteiger partial charge in [0, 0.05) is 25.5 Å². The van der Waals surface area contributed by atoms with Gasteiger partial charge < -0.3 is 9.64 Å². The Morgan fingerprint density at radius 2 is 2.00 bits per heavy atom. The molecule has 2 heterocycles. The Hall–Kier alpha value is -2.20. The van der Waals surface area contributed by atoms with E-state index in [1.54, 1.807) is 12.4 Å². The summed E-state index contributed by atoms with van der Waals surface area (Å²) in [7, 11) is 0. The second kappa shape index (κ2) is 7.58. The fraction of sp³-hybridized carbons (Fsp3) is 0.455. The first-order chi connectivity index (χ1) is 12.7. The number of aromatic nitrogens is 1. The molecule has 1 aromatic carbocycles. The lowest BCUT2D eigenvalue weighted by Crippen LogP contribution is -2.42. The van der Waals surface area contributed by atoms with Gasteiger partial charge in [0.15, 0.2) is 0 Å². The third-order valence-electron chi connectivity index (χ3n) is 5.40. The van der Waals surface area contributed by atoms with E-state index in [0.717, 1.165) is 37.5 Å². The molecule has 1 amide bonds. The number of benzene rings is 1. The molecule has 1 aromatic heterocycles. The Kier molecular flexibility index (Phi) is 5.02. The van der Waals surface area contributed by atoms with Crippen molar-refractivity contribution in [1.29, 1.82) is 0 Å². The number of likely N-dealkylation sites (tertiary alicyclic amines) is 1. The largest absolute Gasteiger partial charge is 0.376 e. The number of hydrogen-bond donors (Lipinski definition) is 0. The Morgan fingerprint density at radius 3 is 2.73 bits per heavy atom. The molecule has 2 aliphatic rings. The van der Waals surface area contributed by atoms with Crippen molar-refractivity contribution in [3.05, 3.63) is 65.5 Å². The molecule has 0 bridgehead atoms. The van der Waals surface area contributed by atoms with Gasteiger partial charge in [-0.05, 0) is 55.7 Å². The molecule has 1 saturated heterocycles. The molecule has 0 unspecified atom stereocenters. The second-order valence-electron chi connectivity index (χ2n) is 7.61. The number of carbonyl (C=O) groups excluding carboxylic acids is 1. The highest BCUT2D eigenvalue weighted by Gasteiger charge is 2.39. The highest BCUT2D eigenvalue weighted by Crippen LogP contribution is 2.32. The van der Waals surface area contributed by atoms with Gasteiger partial charge in [-0.2, -0.15) is 0 Å². The number of nitrogens with zero attached hydrogens (tertiary/aromatic N) is 2. The fourth-order valence-electron chi connectivity index (χ4n) is 3.75. The van der Waals surface area contributed by atoms with Gasteiger partial charge in [0.05, 0.1) is 17.7 Å². The van der Waals surface area contributed by atoms with Crippen molar-refractivity contribution >= 4 is 5.91 Å². The summed E-state index contributed by atoms with van der Waals surface area (Å²) in [5, 5.41) is 0. The minimum atomic E-state index is 0.0691. The number of ether oxygens (including phenoxy) is 1. The monoisotopic (exact) mass is 350 g/mol. The van der Waals surface area contributed by atoms with E-state index in [-0.39, 0.29) is 18.1 Å². The Bertz CT molecular complexity index is 758. The Morgan fingerprint density at radius 1 is 1.19 bits per heavy atom. The van der Waals surface area contributed by atoms with Crippen LogP contribution in [-0.2, 0) is 11.2 Å². The van der Waals surface area contributed by atoms with E-state index in [2.05, 4.69) is 29.2 Å². The zero-order chi connectivity index (χ0) is 17.9. The minimum absolute atomic E-state index is 0.0691. The van der Waals surface area contributed by atoms with Crippen LogP contribution in [0.25, 0.3) is 0 Å². The summed E-state index contributed by atoms with van der Waals surface area (Å²) < 4.78 is 6.24. The van der Waals surface area contributed by atoms with Crippen LogP contribution >= 0.6 is 0 Å². The van der Waals surface area contributed by atoms with Crippen molar-refractivity contribution in [2.45, 2.75) is 44.8 Å². The van der Waals surface area contributed by atoms with E-state index in [0.29, 0.717) is 5.56 Å². The molecular formula is C22H26N2O2. The van der Waals surface area contributed by atoms with Crippen LogP contribution in [0.4, 0.5) is 0 Å². The summed E-state index contributed by atoms with van der Waals surface area (Å²) in [6, 6.07) is 12.4. The first-order valence-corrected chi connectivity index (χ1v) is 9.59. The van der Waals surface area contributed by atoms with Crippen LogP contribution in [0.15, 0.2) is 48.8 Å². The van der Waals surface area contributed by atoms with E-state index in [4.69, 9.17) is 4.74 Å². The van der Waals surface area contributed by atoms with Crippen molar-refractivity contribution in [1.82, 2.24) is 9.88 Å². The SMILES string of the molecule is Cc1cncc(C(=O)N2CC[C@@H](OCC3CC3)[C@@H]2Cc2ccccc2)c1. The molecule has 26 heavy (non-hydrogen) atoms. The highest BCUT2D eigenvalue weighted by atomic mass is 16.5. The second-order valence-corrected chi connectivity index (χ2v) is 7.61. The summed E-state index contributed by atoms with van der Waals surface area (Å²) in [5.74, 6) is 0.803. The maximum atomic E-state index is 13.1. The van der Waals surface area contributed by atoms with Gasteiger partial charge in [0.25, 0.3) is 5.91 Å². The normalized spacial score (nSPS) is 22.6. The third kappa shape index (κ3) is 3.96. The first-order valence-electron chi connectivity index (χ1n) is 9.59. The average Bonchev–Trinajstić information content (AvgIpc) is 3.41. The van der Waals surface area contributed by atoms with Crippen molar-refractivity contribution in [2.75, 3.05) is 13.2 Å². The maximum absolute atomic E-state index is 13.1. The molecule has 2 aromatic rings. The Balaban J connectivity index is 1.53. The molecular weight excluding hydrogens is 324 g/mol. The van der Waals surface area contributed by atoms with Crippen molar-refractivity contribution in [3.63, 3.8) is 0 Å². The predicted octanol–water partition coefficient (Wildman–Crippen LogP) is 3.64. The third-order valence-corrected chi connectivity index (χ3v) is 5.40. The smallest absolute Gasteiger partial charge is 0.255 e. The first kappa shape index (κ1) is 17.2. The van der Waals surface area contributed by atoms with Crippen LogP contribution in [0.3, 0.4) is 0 Å². The Labute approximate surface area is 155 Å². The van der Waals surface area contributed by atoms with Crippen LogP contribution in [0.5, 0.6) is 0 Å². The van der Waals surface area contributed by atoms with E-state index < -0.39 is 0 Å². The number of amides is 1. The average molecular weight is 350 g/mol. The molecule has 2 atom stereocenters. The van der Waals surface area contributed by atoms with E-state index in [9.17, 15) is 4.79 Å². The summed E-state index contributed by atoms with van der Waals surface area (Å²) in [6.07, 6.45) is 7.90. The molecule has 0 radical (unpaired) electrons. The lowest BCUT2D eigenvalue weighted by molar-refractivity contribution is 0.0200. The number of rotatable bonds is 6. The van der Waals surface area contributed by atoms with E-state index in [1.807, 2.05) is 24.0 Å². The number of aryl methyl sites for hydroxylation is 1. The van der Waals surface area contributed by atoms with Crippen molar-refractivity contribution < 1.29 is 9.53 Å². The molecule has 4 heteroatoms. The summed E-state index contributed by atoms with van der Waals surface area (Å²) in [6.45, 7) is 3.56. The molecule has 2 fully saturated rings. The predicted molar refractivity (Wildman–Crippen MR) is 101 cm³/mol. The van der Waals surface area contributed by atoms with Crippen LogP contribution in [0.1, 0.15) is 40.7 Å². The van der Waals surface area contributed by atoms with Gasteiger partial charge in [0.2, 0.25) is 0 Å². The molecule has 0 spiro atoms. The van der Waals surface area contributed by atoms with E-state index >= 15 is 0 Å². The standard InChI is InChI=1S/C22H26N2O2/c1-16-11-19(14-23-13-16)22(25)24-10-9-21(26-15-18-7-8-18)20(24)12-17-5-3-2-4-6-17/h2-6,11,13-14,18,20-21H,7-10,12,15H2,1H3/t20-,21+/m0/s1. The van der Waals surface area contributed by atoms with Gasteiger partial charge >= 0.3 is 0 Å². The molecule has 1 aliphatic heterocycles. The van der Waals surface area contributed by atoms with Gasteiger partial charge in [-0.3, -0.25) is 9.78 Å².